The van der Waals surface area contributed by atoms with E-state index in [4.69, 9.17) is 10.00 Å². The minimum atomic E-state index is -0.713. The van der Waals surface area contributed by atoms with E-state index in [2.05, 4.69) is 5.32 Å². The Hall–Kier alpha value is -2.53. The zero-order chi connectivity index (χ0) is 18.2. The van der Waals surface area contributed by atoms with Crippen molar-refractivity contribution in [3.8, 4) is 5.40 Å². The summed E-state index contributed by atoms with van der Waals surface area (Å²) in [5, 5.41) is 13.1. The van der Waals surface area contributed by atoms with Crippen LogP contribution in [0.5, 0.6) is 0 Å². The third-order valence-corrected chi connectivity index (χ3v) is 4.47. The van der Waals surface area contributed by atoms with Crippen LogP contribution in [0.15, 0.2) is 29.2 Å². The van der Waals surface area contributed by atoms with Crippen molar-refractivity contribution in [2.45, 2.75) is 24.7 Å². The molecule has 0 aromatic heterocycles. The number of thioether (sulfide) groups is 1. The first kappa shape index (κ1) is 18.8. The SMILES string of the molecule is CCOC(=O)C1CCN(C(=O)C(=O)Nc2ccc(SC#N)cc2)CC1. The van der Waals surface area contributed by atoms with Crippen LogP contribution in [0.3, 0.4) is 0 Å². The topological polar surface area (TPSA) is 99.5 Å². The third kappa shape index (κ3) is 5.22. The fourth-order valence-corrected chi connectivity index (χ4v) is 2.94. The highest BCUT2D eigenvalue weighted by Crippen LogP contribution is 2.20. The maximum atomic E-state index is 12.2. The second kappa shape index (κ2) is 9.08. The van der Waals surface area contributed by atoms with Crippen LogP contribution in [0.4, 0.5) is 5.69 Å². The van der Waals surface area contributed by atoms with Crippen LogP contribution in [-0.4, -0.2) is 42.4 Å². The number of rotatable bonds is 4. The van der Waals surface area contributed by atoms with Gasteiger partial charge in [0.2, 0.25) is 0 Å². The van der Waals surface area contributed by atoms with Gasteiger partial charge in [0, 0.05) is 23.7 Å². The van der Waals surface area contributed by atoms with E-state index in [0.717, 1.165) is 16.7 Å². The Balaban J connectivity index is 1.85. The molecule has 0 spiro atoms. The van der Waals surface area contributed by atoms with Gasteiger partial charge in [-0.25, -0.2) is 0 Å². The van der Waals surface area contributed by atoms with Crippen LogP contribution in [-0.2, 0) is 19.1 Å². The molecule has 1 aliphatic rings. The Morgan fingerprint density at radius 2 is 1.92 bits per heavy atom. The van der Waals surface area contributed by atoms with Crippen LogP contribution in [0.2, 0.25) is 0 Å². The molecule has 7 nitrogen and oxygen atoms in total. The van der Waals surface area contributed by atoms with Crippen molar-refractivity contribution < 1.29 is 19.1 Å². The summed E-state index contributed by atoms with van der Waals surface area (Å²) in [6, 6.07) is 6.66. The van der Waals surface area contributed by atoms with Gasteiger partial charge in [0.15, 0.2) is 0 Å². The van der Waals surface area contributed by atoms with Crippen LogP contribution < -0.4 is 5.32 Å². The van der Waals surface area contributed by atoms with Crippen LogP contribution in [0.25, 0.3) is 0 Å². The number of benzene rings is 1. The smallest absolute Gasteiger partial charge is 0.313 e. The molecule has 1 heterocycles. The zero-order valence-corrected chi connectivity index (χ0v) is 14.7. The van der Waals surface area contributed by atoms with Crippen molar-refractivity contribution in [1.29, 1.82) is 5.26 Å². The fraction of sp³-hybridized carbons (Fsp3) is 0.412. The predicted octanol–water partition coefficient (Wildman–Crippen LogP) is 2.00. The molecule has 1 aromatic carbocycles. The van der Waals surface area contributed by atoms with Gasteiger partial charge in [-0.15, -0.1) is 0 Å². The molecule has 25 heavy (non-hydrogen) atoms. The van der Waals surface area contributed by atoms with Crippen LogP contribution >= 0.6 is 11.8 Å². The summed E-state index contributed by atoms with van der Waals surface area (Å²) < 4.78 is 4.99. The number of carbonyl (C=O) groups is 3. The van der Waals surface area contributed by atoms with Gasteiger partial charge in [-0.3, -0.25) is 14.4 Å². The second-order valence-corrected chi connectivity index (χ2v) is 6.35. The molecule has 2 amide bonds. The predicted molar refractivity (Wildman–Crippen MR) is 92.5 cm³/mol. The maximum absolute atomic E-state index is 12.2. The first-order valence-electron chi connectivity index (χ1n) is 7.98. The van der Waals surface area contributed by atoms with Crippen molar-refractivity contribution in [2.24, 2.45) is 5.92 Å². The van der Waals surface area contributed by atoms with Crippen molar-refractivity contribution in [3.63, 3.8) is 0 Å². The fourth-order valence-electron chi connectivity index (χ4n) is 2.57. The molecule has 2 rings (SSSR count). The highest BCUT2D eigenvalue weighted by Gasteiger charge is 2.30. The molecule has 1 aromatic rings. The van der Waals surface area contributed by atoms with Gasteiger partial charge in [0.05, 0.1) is 12.5 Å². The van der Waals surface area contributed by atoms with Gasteiger partial charge in [-0.2, -0.15) is 5.26 Å². The number of likely N-dealkylation sites (tertiary alicyclic amines) is 1. The normalized spacial score (nSPS) is 14.5. The number of nitrogens with one attached hydrogen (secondary N) is 1. The minimum absolute atomic E-state index is 0.211. The molecule has 0 atom stereocenters. The molecule has 0 unspecified atom stereocenters. The molecule has 0 radical (unpaired) electrons. The largest absolute Gasteiger partial charge is 0.466 e. The number of nitrogens with zero attached hydrogens (tertiary/aromatic N) is 2. The van der Waals surface area contributed by atoms with Gasteiger partial charge in [-0.05, 0) is 55.8 Å². The Morgan fingerprint density at radius 1 is 1.28 bits per heavy atom. The molecule has 1 N–H and O–H groups in total. The monoisotopic (exact) mass is 361 g/mol. The number of hydrogen-bond acceptors (Lipinski definition) is 6. The number of carbonyl (C=O) groups excluding carboxylic acids is 3. The van der Waals surface area contributed by atoms with E-state index in [0.29, 0.717) is 38.2 Å². The number of ether oxygens (including phenoxy) is 1. The Labute approximate surface area is 150 Å². The first-order chi connectivity index (χ1) is 12.0. The molecule has 0 bridgehead atoms. The van der Waals surface area contributed by atoms with E-state index in [9.17, 15) is 14.4 Å². The number of piperidine rings is 1. The number of esters is 1. The van der Waals surface area contributed by atoms with E-state index in [-0.39, 0.29) is 11.9 Å². The molecule has 1 saturated heterocycles. The van der Waals surface area contributed by atoms with Crippen LogP contribution in [0.1, 0.15) is 19.8 Å². The summed E-state index contributed by atoms with van der Waals surface area (Å²) in [5.74, 6) is -1.78. The molecule has 1 fully saturated rings. The lowest BCUT2D eigenvalue weighted by molar-refractivity contribution is -0.152. The van der Waals surface area contributed by atoms with E-state index in [1.54, 1.807) is 31.2 Å². The Kier molecular flexibility index (Phi) is 6.83. The summed E-state index contributed by atoms with van der Waals surface area (Å²) in [6.45, 7) is 2.81. The summed E-state index contributed by atoms with van der Waals surface area (Å²) in [5.41, 5.74) is 0.488. The van der Waals surface area contributed by atoms with Gasteiger partial charge in [0.1, 0.15) is 5.40 Å². The van der Waals surface area contributed by atoms with E-state index >= 15 is 0 Å². The van der Waals surface area contributed by atoms with E-state index < -0.39 is 11.8 Å². The molecule has 8 heteroatoms. The summed E-state index contributed by atoms with van der Waals surface area (Å²) >= 11 is 1.02. The van der Waals surface area contributed by atoms with Gasteiger partial charge in [0.25, 0.3) is 0 Å². The summed E-state index contributed by atoms with van der Waals surface area (Å²) in [6.07, 6.45) is 0.996. The van der Waals surface area contributed by atoms with Crippen LogP contribution in [0, 0.1) is 16.6 Å². The second-order valence-electron chi connectivity index (χ2n) is 5.49. The van der Waals surface area contributed by atoms with Gasteiger partial charge >= 0.3 is 17.8 Å². The lowest BCUT2D eigenvalue weighted by atomic mass is 9.97. The zero-order valence-electron chi connectivity index (χ0n) is 13.9. The number of thiocyanates is 1. The van der Waals surface area contributed by atoms with E-state index in [1.165, 1.54) is 4.90 Å². The quantitative estimate of drug-likeness (QED) is 0.381. The first-order valence-corrected chi connectivity index (χ1v) is 8.79. The van der Waals surface area contributed by atoms with Crippen molar-refractivity contribution in [1.82, 2.24) is 4.90 Å². The third-order valence-electron chi connectivity index (χ3n) is 3.87. The Morgan fingerprint density at radius 3 is 2.48 bits per heavy atom. The van der Waals surface area contributed by atoms with Gasteiger partial charge in [-0.1, -0.05) is 0 Å². The maximum Gasteiger partial charge on any atom is 0.313 e. The summed E-state index contributed by atoms with van der Waals surface area (Å²) in [4.78, 5) is 38.2. The standard InChI is InChI=1S/C17H19N3O4S/c1-2-24-17(23)12-7-9-20(10-8-12)16(22)15(21)19-13-3-5-14(6-4-13)25-11-18/h3-6,12H,2,7-10H2,1H3,(H,19,21). The minimum Gasteiger partial charge on any atom is -0.466 e. The average Bonchev–Trinajstić information content (AvgIpc) is 2.63. The van der Waals surface area contributed by atoms with Crippen molar-refractivity contribution in [2.75, 3.05) is 25.0 Å². The number of nitriles is 1. The molecule has 132 valence electrons. The van der Waals surface area contributed by atoms with Crippen molar-refractivity contribution in [3.05, 3.63) is 24.3 Å². The molecule has 0 saturated carbocycles. The van der Waals surface area contributed by atoms with E-state index in [1.807, 2.05) is 5.40 Å². The van der Waals surface area contributed by atoms with Gasteiger partial charge < -0.3 is 15.0 Å². The lowest BCUT2D eigenvalue weighted by Gasteiger charge is -2.30. The summed E-state index contributed by atoms with van der Waals surface area (Å²) in [7, 11) is 0. The Bertz CT molecular complexity index is 676. The number of hydrogen-bond donors (Lipinski definition) is 1. The molecular formula is C17H19N3O4S. The lowest BCUT2D eigenvalue weighted by Crippen LogP contribution is -2.45. The van der Waals surface area contributed by atoms with Crippen molar-refractivity contribution >= 4 is 35.2 Å². The average molecular weight is 361 g/mol. The highest BCUT2D eigenvalue weighted by atomic mass is 32.2. The molecule has 0 aliphatic carbocycles. The highest BCUT2D eigenvalue weighted by molar-refractivity contribution is 8.03. The molecule has 1 aliphatic heterocycles. The molecular weight excluding hydrogens is 342 g/mol. The number of anilines is 1. The number of amides is 2.